The minimum absolute atomic E-state index is 0.0910. The third-order valence-corrected chi connectivity index (χ3v) is 5.84. The van der Waals surface area contributed by atoms with Gasteiger partial charge in [0.25, 0.3) is 0 Å². The third-order valence-electron chi connectivity index (χ3n) is 5.38. The Morgan fingerprint density at radius 2 is 1.97 bits per heavy atom. The van der Waals surface area contributed by atoms with Crippen LogP contribution in [0.15, 0.2) is 46.7 Å². The highest BCUT2D eigenvalue weighted by Crippen LogP contribution is 2.29. The van der Waals surface area contributed by atoms with E-state index in [1.165, 1.54) is 0 Å². The molecule has 1 aromatic carbocycles. The Kier molecular flexibility index (Phi) is 9.68. The molecule has 2 aliphatic rings. The topological polar surface area (TPSA) is 77.4 Å². The van der Waals surface area contributed by atoms with Crippen LogP contribution < -0.4 is 4.74 Å². The molecule has 0 aromatic heterocycles. The Morgan fingerprint density at radius 1 is 1.19 bits per heavy atom. The first-order valence-electron chi connectivity index (χ1n) is 11.0. The molecule has 2 heterocycles. The number of hydrogen-bond acceptors (Lipinski definition) is 6. The van der Waals surface area contributed by atoms with Crippen LogP contribution >= 0.6 is 11.6 Å². The molecule has 3 unspecified atom stereocenters. The lowest BCUT2D eigenvalue weighted by molar-refractivity contribution is -0.110. The predicted octanol–water partition coefficient (Wildman–Crippen LogP) is 3.73. The third kappa shape index (κ3) is 7.51. The quantitative estimate of drug-likeness (QED) is 0.625. The molecule has 2 saturated heterocycles. The number of halogens is 1. The highest BCUT2D eigenvalue weighted by atomic mass is 35.5. The van der Waals surface area contributed by atoms with E-state index in [2.05, 4.69) is 6.08 Å². The van der Waals surface area contributed by atoms with Crippen molar-refractivity contribution >= 4 is 11.6 Å². The lowest BCUT2D eigenvalue weighted by Crippen LogP contribution is -2.37. The van der Waals surface area contributed by atoms with Gasteiger partial charge < -0.3 is 29.2 Å². The van der Waals surface area contributed by atoms with Gasteiger partial charge in [0.15, 0.2) is 0 Å². The minimum Gasteiger partial charge on any atom is -0.494 e. The number of hydrogen-bond donors (Lipinski definition) is 2. The van der Waals surface area contributed by atoms with Crippen molar-refractivity contribution in [2.45, 2.75) is 57.3 Å². The smallest absolute Gasteiger partial charge is 0.140 e. The van der Waals surface area contributed by atoms with Crippen molar-refractivity contribution in [3.05, 3.63) is 52.3 Å². The molecular formula is C24H33ClO6. The van der Waals surface area contributed by atoms with Crippen molar-refractivity contribution in [2.24, 2.45) is 0 Å². The molecular weight excluding hydrogens is 420 g/mol. The molecule has 2 N–H and O–H groups in total. The number of aliphatic hydroxyl groups excluding tert-OH is 2. The van der Waals surface area contributed by atoms with Gasteiger partial charge in [-0.2, -0.15) is 0 Å². The monoisotopic (exact) mass is 452 g/mol. The highest BCUT2D eigenvalue weighted by Gasteiger charge is 2.27. The largest absolute Gasteiger partial charge is 0.494 e. The first-order chi connectivity index (χ1) is 15.1. The van der Waals surface area contributed by atoms with Crippen molar-refractivity contribution in [3.63, 3.8) is 0 Å². The molecule has 7 heteroatoms. The molecule has 0 saturated carbocycles. The van der Waals surface area contributed by atoms with Gasteiger partial charge in [-0.25, -0.2) is 0 Å². The number of benzene rings is 1. The van der Waals surface area contributed by atoms with Crippen molar-refractivity contribution in [3.8, 4) is 5.75 Å². The molecule has 3 atom stereocenters. The molecule has 2 fully saturated rings. The van der Waals surface area contributed by atoms with E-state index in [1.807, 2.05) is 31.2 Å². The molecule has 2 aliphatic heterocycles. The summed E-state index contributed by atoms with van der Waals surface area (Å²) >= 11 is 6.78. The molecule has 0 radical (unpaired) electrons. The van der Waals surface area contributed by atoms with Gasteiger partial charge >= 0.3 is 0 Å². The van der Waals surface area contributed by atoms with Gasteiger partial charge in [0, 0.05) is 12.8 Å². The van der Waals surface area contributed by atoms with Crippen LogP contribution in [-0.2, 0) is 20.6 Å². The van der Waals surface area contributed by atoms with E-state index < -0.39 is 6.10 Å². The summed E-state index contributed by atoms with van der Waals surface area (Å²) in [7, 11) is 0. The van der Waals surface area contributed by atoms with Gasteiger partial charge in [-0.05, 0) is 49.5 Å². The second-order valence-electron chi connectivity index (χ2n) is 7.90. The molecule has 0 aliphatic carbocycles. The number of allylic oxidation sites excluding steroid dienone is 2. The summed E-state index contributed by atoms with van der Waals surface area (Å²) in [6, 6.07) is 7.96. The fourth-order valence-electron chi connectivity index (χ4n) is 3.83. The fraction of sp³-hybridized carbons (Fsp3) is 0.583. The van der Waals surface area contributed by atoms with E-state index in [9.17, 15) is 10.2 Å². The SMILES string of the molecule is CCOc1ccc(CC(=C/CC2CC(O)CC(CO)O2)/C(Cl)=C2\COCCCO2)cc1. The van der Waals surface area contributed by atoms with Gasteiger partial charge in [0.2, 0.25) is 0 Å². The molecule has 0 amide bonds. The average Bonchev–Trinajstić information content (AvgIpc) is 3.07. The Bertz CT molecular complexity index is 735. The Balaban J connectivity index is 1.79. The molecule has 0 bridgehead atoms. The van der Waals surface area contributed by atoms with E-state index in [0.717, 1.165) is 23.3 Å². The van der Waals surface area contributed by atoms with E-state index in [1.54, 1.807) is 0 Å². The number of rotatable bonds is 8. The summed E-state index contributed by atoms with van der Waals surface area (Å²) in [4.78, 5) is 0. The summed E-state index contributed by atoms with van der Waals surface area (Å²) in [6.45, 7) is 4.08. The molecule has 0 spiro atoms. The van der Waals surface area contributed by atoms with Crippen molar-refractivity contribution in [2.75, 3.05) is 33.0 Å². The molecule has 6 nitrogen and oxygen atoms in total. The molecule has 3 rings (SSSR count). The normalized spacial score (nSPS) is 26.7. The summed E-state index contributed by atoms with van der Waals surface area (Å²) in [5.74, 6) is 1.48. The lowest BCUT2D eigenvalue weighted by Gasteiger charge is -2.32. The van der Waals surface area contributed by atoms with Gasteiger partial charge in [-0.15, -0.1) is 0 Å². The maximum absolute atomic E-state index is 10.1. The van der Waals surface area contributed by atoms with Crippen LogP contribution in [0.4, 0.5) is 0 Å². The molecule has 31 heavy (non-hydrogen) atoms. The second-order valence-corrected chi connectivity index (χ2v) is 8.28. The van der Waals surface area contributed by atoms with Crippen molar-refractivity contribution < 1.29 is 29.2 Å². The first-order valence-corrected chi connectivity index (χ1v) is 11.4. The zero-order valence-corrected chi connectivity index (χ0v) is 18.9. The maximum atomic E-state index is 10.1. The van der Waals surface area contributed by atoms with Crippen LogP contribution in [0.25, 0.3) is 0 Å². The maximum Gasteiger partial charge on any atom is 0.140 e. The van der Waals surface area contributed by atoms with Gasteiger partial charge in [-0.3, -0.25) is 0 Å². The molecule has 172 valence electrons. The molecule has 1 aromatic rings. The van der Waals surface area contributed by atoms with Crippen LogP contribution in [0.3, 0.4) is 0 Å². The van der Waals surface area contributed by atoms with Crippen LogP contribution in [-0.4, -0.2) is 61.6 Å². The zero-order valence-electron chi connectivity index (χ0n) is 18.1. The van der Waals surface area contributed by atoms with E-state index in [-0.39, 0.29) is 18.8 Å². The fourth-order valence-corrected chi connectivity index (χ4v) is 4.08. The van der Waals surface area contributed by atoms with Crippen LogP contribution in [0.1, 0.15) is 38.2 Å². The van der Waals surface area contributed by atoms with E-state index in [4.69, 9.17) is 30.5 Å². The Hall–Kier alpha value is -1.57. The minimum atomic E-state index is -0.466. The Labute approximate surface area is 189 Å². The predicted molar refractivity (Wildman–Crippen MR) is 119 cm³/mol. The summed E-state index contributed by atoms with van der Waals surface area (Å²) in [6.07, 6.45) is 4.13. The van der Waals surface area contributed by atoms with Gasteiger partial charge in [0.05, 0.1) is 49.8 Å². The summed E-state index contributed by atoms with van der Waals surface area (Å²) in [5, 5.41) is 20.1. The second kappa shape index (κ2) is 12.5. The highest BCUT2D eigenvalue weighted by molar-refractivity contribution is 6.32. The van der Waals surface area contributed by atoms with E-state index >= 15 is 0 Å². The van der Waals surface area contributed by atoms with Gasteiger partial charge in [-0.1, -0.05) is 29.8 Å². The van der Waals surface area contributed by atoms with Crippen molar-refractivity contribution in [1.82, 2.24) is 0 Å². The standard InChI is InChI=1S/C24H33ClO6/c1-2-29-20-7-4-17(5-8-20)12-18(24(25)23-16-28-10-3-11-30-23)6-9-21-13-19(27)14-22(15-26)31-21/h4-8,19,21-22,26-27H,2-3,9-16H2,1H3/b18-6-,24-23-. The Morgan fingerprint density at radius 3 is 2.71 bits per heavy atom. The first kappa shape index (κ1) is 24.1. The van der Waals surface area contributed by atoms with E-state index in [0.29, 0.717) is 62.9 Å². The summed E-state index contributed by atoms with van der Waals surface area (Å²) < 4.78 is 22.9. The van der Waals surface area contributed by atoms with Crippen LogP contribution in [0, 0.1) is 0 Å². The number of aliphatic hydroxyl groups is 2. The number of ether oxygens (including phenoxy) is 4. The van der Waals surface area contributed by atoms with Crippen LogP contribution in [0.5, 0.6) is 5.75 Å². The zero-order chi connectivity index (χ0) is 22.1. The average molecular weight is 453 g/mol. The van der Waals surface area contributed by atoms with Crippen LogP contribution in [0.2, 0.25) is 0 Å². The van der Waals surface area contributed by atoms with Gasteiger partial charge in [0.1, 0.15) is 18.1 Å². The summed E-state index contributed by atoms with van der Waals surface area (Å²) in [5.41, 5.74) is 2.02. The van der Waals surface area contributed by atoms with Crippen molar-refractivity contribution in [1.29, 1.82) is 0 Å². The lowest BCUT2D eigenvalue weighted by atomic mass is 9.97.